The van der Waals surface area contributed by atoms with Gasteiger partial charge in [0.15, 0.2) is 11.8 Å². The number of amides is 1. The fraction of sp³-hybridized carbons (Fsp3) is 0.500. The largest absolute Gasteiger partial charge is 0.378 e. The Balaban J connectivity index is 1.91. The van der Waals surface area contributed by atoms with E-state index in [2.05, 4.69) is 20.1 Å². The van der Waals surface area contributed by atoms with Crippen molar-refractivity contribution in [2.45, 2.75) is 26.8 Å². The van der Waals surface area contributed by atoms with Crippen LogP contribution in [0.1, 0.15) is 26.8 Å². The van der Waals surface area contributed by atoms with Crippen LogP contribution in [0.4, 0.5) is 17.3 Å². The minimum absolute atomic E-state index is 0.149. The highest BCUT2D eigenvalue weighted by atomic mass is 35.5. The lowest BCUT2D eigenvalue weighted by Gasteiger charge is -2.26. The van der Waals surface area contributed by atoms with E-state index in [0.717, 1.165) is 6.26 Å². The molecule has 0 saturated carbocycles. The fourth-order valence-corrected chi connectivity index (χ4v) is 3.89. The van der Waals surface area contributed by atoms with Crippen LogP contribution >= 0.6 is 11.6 Å². The zero-order chi connectivity index (χ0) is 24.4. The number of nitrogens with zero attached hydrogens (tertiary/aromatic N) is 4. The number of sulfonamides is 1. The molecular formula is C20H27ClN6O5S. The highest BCUT2D eigenvalue weighted by molar-refractivity contribution is 7.92. The monoisotopic (exact) mass is 498 g/mol. The zero-order valence-electron chi connectivity index (χ0n) is 18.8. The van der Waals surface area contributed by atoms with E-state index in [-0.39, 0.29) is 22.2 Å². The van der Waals surface area contributed by atoms with Crippen molar-refractivity contribution < 1.29 is 22.7 Å². The van der Waals surface area contributed by atoms with Crippen LogP contribution in [0.25, 0.3) is 0 Å². The second-order valence-electron chi connectivity index (χ2n) is 8.70. The molecule has 13 heteroatoms. The number of ketones is 1. The topological polar surface area (TPSA) is 136 Å². The number of hydrogen-bond donors (Lipinski definition) is 2. The SMILES string of the molecule is CC(C)(C)C(=O)C(C(=O)Nc1cc(NS(C)(=O)=O)ccc1Cl)n1cnc(N2CCOCC2)n1. The predicted molar refractivity (Wildman–Crippen MR) is 125 cm³/mol. The number of carbonyl (C=O) groups is 2. The number of morpholine rings is 1. The summed E-state index contributed by atoms with van der Waals surface area (Å²) < 4.78 is 32.0. The van der Waals surface area contributed by atoms with Crippen LogP contribution < -0.4 is 14.9 Å². The van der Waals surface area contributed by atoms with Crippen molar-refractivity contribution >= 4 is 50.6 Å². The van der Waals surface area contributed by atoms with Crippen molar-refractivity contribution in [3.05, 3.63) is 29.5 Å². The average Bonchev–Trinajstić information content (AvgIpc) is 3.19. The number of anilines is 3. The van der Waals surface area contributed by atoms with Gasteiger partial charge in [-0.2, -0.15) is 0 Å². The number of Topliss-reactive ketones (excluding diaryl/α,β-unsaturated/α-hetero) is 1. The molecule has 1 aromatic carbocycles. The van der Waals surface area contributed by atoms with Crippen molar-refractivity contribution in [1.29, 1.82) is 0 Å². The van der Waals surface area contributed by atoms with Crippen molar-refractivity contribution in [3.63, 3.8) is 0 Å². The van der Waals surface area contributed by atoms with Crippen LogP contribution in [0.15, 0.2) is 24.5 Å². The summed E-state index contributed by atoms with van der Waals surface area (Å²) in [7, 11) is -3.53. The number of benzene rings is 1. The standard InChI is InChI=1S/C20H27ClN6O5S/c1-20(2,3)17(28)16(27-12-22-19(24-27)26-7-9-32-10-8-26)18(29)23-15-11-13(5-6-14(15)21)25-33(4,30)31/h5-6,11-12,16,25H,7-10H2,1-4H3,(H,23,29). The summed E-state index contributed by atoms with van der Waals surface area (Å²) in [6, 6.07) is 2.97. The highest BCUT2D eigenvalue weighted by Crippen LogP contribution is 2.29. The molecule has 0 radical (unpaired) electrons. The molecule has 1 aliphatic heterocycles. The Morgan fingerprint density at radius 3 is 2.48 bits per heavy atom. The first-order valence-electron chi connectivity index (χ1n) is 10.2. The molecule has 2 N–H and O–H groups in total. The van der Waals surface area contributed by atoms with Gasteiger partial charge in [0.1, 0.15) is 6.33 Å². The molecule has 1 amide bonds. The molecule has 2 heterocycles. The molecular weight excluding hydrogens is 472 g/mol. The van der Waals surface area contributed by atoms with Crippen LogP contribution in [0.5, 0.6) is 0 Å². The fourth-order valence-electron chi connectivity index (χ4n) is 3.17. The van der Waals surface area contributed by atoms with Gasteiger partial charge in [0.05, 0.1) is 35.9 Å². The van der Waals surface area contributed by atoms with E-state index in [1.54, 1.807) is 20.8 Å². The molecule has 1 saturated heterocycles. The maximum absolute atomic E-state index is 13.3. The summed E-state index contributed by atoms with van der Waals surface area (Å²) in [6.45, 7) is 7.40. The average molecular weight is 499 g/mol. The normalized spacial score (nSPS) is 15.7. The summed E-state index contributed by atoms with van der Waals surface area (Å²) in [4.78, 5) is 32.7. The van der Waals surface area contributed by atoms with Crippen molar-refractivity contribution in [2.24, 2.45) is 5.41 Å². The summed E-state index contributed by atoms with van der Waals surface area (Å²) in [6.07, 6.45) is 2.36. The molecule has 0 aliphatic carbocycles. The molecule has 1 atom stereocenters. The zero-order valence-corrected chi connectivity index (χ0v) is 20.4. The van der Waals surface area contributed by atoms with Gasteiger partial charge in [-0.05, 0) is 18.2 Å². The molecule has 0 spiro atoms. The smallest absolute Gasteiger partial charge is 0.257 e. The van der Waals surface area contributed by atoms with E-state index >= 15 is 0 Å². The number of hydrogen-bond acceptors (Lipinski definition) is 8. The van der Waals surface area contributed by atoms with E-state index in [0.29, 0.717) is 32.3 Å². The molecule has 33 heavy (non-hydrogen) atoms. The number of aromatic nitrogens is 3. The van der Waals surface area contributed by atoms with E-state index in [4.69, 9.17) is 16.3 Å². The minimum atomic E-state index is -3.53. The molecule has 2 aromatic rings. The summed E-state index contributed by atoms with van der Waals surface area (Å²) in [5.41, 5.74) is -0.488. The first kappa shape index (κ1) is 24.9. The number of carbonyl (C=O) groups excluding carboxylic acids is 2. The molecule has 3 rings (SSSR count). The molecule has 180 valence electrons. The van der Waals surface area contributed by atoms with Crippen molar-refractivity contribution in [2.75, 3.05) is 47.5 Å². The van der Waals surface area contributed by atoms with E-state index in [1.165, 1.54) is 29.2 Å². The quantitative estimate of drug-likeness (QED) is 0.553. The van der Waals surface area contributed by atoms with Crippen molar-refractivity contribution in [3.8, 4) is 0 Å². The van der Waals surface area contributed by atoms with Crippen LogP contribution in [-0.2, 0) is 24.3 Å². The van der Waals surface area contributed by atoms with Gasteiger partial charge in [-0.3, -0.25) is 14.3 Å². The Kier molecular flexibility index (Phi) is 7.29. The Morgan fingerprint density at radius 2 is 1.88 bits per heavy atom. The maximum Gasteiger partial charge on any atom is 0.257 e. The summed E-state index contributed by atoms with van der Waals surface area (Å²) in [5.74, 6) is -0.651. The third kappa shape index (κ3) is 6.42. The number of rotatable bonds is 7. The molecule has 1 aliphatic rings. The first-order valence-corrected chi connectivity index (χ1v) is 12.5. The second kappa shape index (κ2) is 9.65. The lowest BCUT2D eigenvalue weighted by molar-refractivity contribution is -0.135. The first-order chi connectivity index (χ1) is 15.3. The number of ether oxygens (including phenoxy) is 1. The predicted octanol–water partition coefficient (Wildman–Crippen LogP) is 1.93. The lowest BCUT2D eigenvalue weighted by atomic mass is 9.86. The van der Waals surface area contributed by atoms with Crippen LogP contribution in [0, 0.1) is 5.41 Å². The van der Waals surface area contributed by atoms with Gasteiger partial charge >= 0.3 is 0 Å². The lowest BCUT2D eigenvalue weighted by Crippen LogP contribution is -2.39. The second-order valence-corrected chi connectivity index (χ2v) is 10.9. The maximum atomic E-state index is 13.3. The molecule has 0 bridgehead atoms. The van der Waals surface area contributed by atoms with Gasteiger partial charge < -0.3 is 15.0 Å². The van der Waals surface area contributed by atoms with E-state index < -0.39 is 27.4 Å². The van der Waals surface area contributed by atoms with Crippen molar-refractivity contribution in [1.82, 2.24) is 14.8 Å². The van der Waals surface area contributed by atoms with Gasteiger partial charge in [0, 0.05) is 18.5 Å². The Labute approximate surface area is 197 Å². The summed E-state index contributed by atoms with van der Waals surface area (Å²) >= 11 is 6.21. The molecule has 11 nitrogen and oxygen atoms in total. The molecule has 1 unspecified atom stereocenters. The third-order valence-electron chi connectivity index (χ3n) is 4.82. The van der Waals surface area contributed by atoms with Gasteiger partial charge in [0.25, 0.3) is 5.91 Å². The van der Waals surface area contributed by atoms with Gasteiger partial charge in [0.2, 0.25) is 16.0 Å². The Hall–Kier alpha value is -2.70. The van der Waals surface area contributed by atoms with E-state index in [1.807, 2.05) is 4.90 Å². The van der Waals surface area contributed by atoms with Crippen LogP contribution in [0.3, 0.4) is 0 Å². The molecule has 1 fully saturated rings. The van der Waals surface area contributed by atoms with Crippen LogP contribution in [0.2, 0.25) is 5.02 Å². The Morgan fingerprint density at radius 1 is 1.21 bits per heavy atom. The van der Waals surface area contributed by atoms with E-state index in [9.17, 15) is 18.0 Å². The van der Waals surface area contributed by atoms with Gasteiger partial charge in [-0.15, -0.1) is 5.10 Å². The number of nitrogens with one attached hydrogen (secondary N) is 2. The number of halogens is 1. The highest BCUT2D eigenvalue weighted by Gasteiger charge is 2.37. The van der Waals surface area contributed by atoms with Crippen LogP contribution in [-0.4, -0.2) is 67.4 Å². The van der Waals surface area contributed by atoms with Gasteiger partial charge in [-0.1, -0.05) is 32.4 Å². The Bertz CT molecular complexity index is 1140. The summed E-state index contributed by atoms with van der Waals surface area (Å²) in [5, 5.41) is 7.20. The minimum Gasteiger partial charge on any atom is -0.378 e. The third-order valence-corrected chi connectivity index (χ3v) is 5.75. The van der Waals surface area contributed by atoms with Gasteiger partial charge in [-0.25, -0.2) is 18.1 Å². The molecule has 1 aromatic heterocycles.